The third-order valence-corrected chi connectivity index (χ3v) is 3.87. The maximum atomic E-state index is 11.9. The molecule has 9 heteroatoms. The number of hydrogen-bond donors (Lipinski definition) is 1. The van der Waals surface area contributed by atoms with Crippen molar-refractivity contribution < 1.29 is 23.9 Å². The second-order valence-corrected chi connectivity index (χ2v) is 5.87. The summed E-state index contributed by atoms with van der Waals surface area (Å²) in [6, 6.07) is 11.1. The van der Waals surface area contributed by atoms with Gasteiger partial charge in [0.05, 0.1) is 16.5 Å². The molecule has 0 bridgehead atoms. The Morgan fingerprint density at radius 1 is 1.31 bits per heavy atom. The first-order chi connectivity index (χ1) is 12.5. The zero-order valence-corrected chi connectivity index (χ0v) is 14.3. The highest BCUT2D eigenvalue weighted by molar-refractivity contribution is 6.32. The number of rotatable bonds is 6. The number of nitrogens with one attached hydrogen (secondary N) is 1. The Balaban J connectivity index is 1.46. The first-order valence-corrected chi connectivity index (χ1v) is 8.12. The fourth-order valence-electron chi connectivity index (χ4n) is 2.31. The van der Waals surface area contributed by atoms with Gasteiger partial charge in [-0.05, 0) is 18.2 Å². The summed E-state index contributed by atoms with van der Waals surface area (Å²) in [6.07, 6.45) is -0.309. The van der Waals surface area contributed by atoms with Gasteiger partial charge in [-0.25, -0.2) is 0 Å². The van der Waals surface area contributed by atoms with Gasteiger partial charge in [-0.3, -0.25) is 14.9 Å². The molecular formula is C17H15ClN2O6. The van der Waals surface area contributed by atoms with Crippen LogP contribution in [0.15, 0.2) is 42.5 Å². The summed E-state index contributed by atoms with van der Waals surface area (Å²) in [5.74, 6) is 1.12. The molecule has 0 saturated carbocycles. The molecule has 2 aromatic carbocycles. The van der Waals surface area contributed by atoms with Crippen molar-refractivity contribution >= 4 is 23.2 Å². The van der Waals surface area contributed by atoms with E-state index < -0.39 is 4.92 Å². The summed E-state index contributed by atoms with van der Waals surface area (Å²) in [5, 5.41) is 13.4. The molecule has 1 aliphatic heterocycles. The van der Waals surface area contributed by atoms with Crippen LogP contribution in [0.5, 0.6) is 17.2 Å². The molecule has 0 radical (unpaired) electrons. The van der Waals surface area contributed by atoms with Gasteiger partial charge in [0.2, 0.25) is 0 Å². The molecule has 136 valence electrons. The predicted octanol–water partition coefficient (Wildman–Crippen LogP) is 2.58. The van der Waals surface area contributed by atoms with Crippen molar-refractivity contribution in [1.29, 1.82) is 0 Å². The average molecular weight is 379 g/mol. The second-order valence-electron chi connectivity index (χ2n) is 5.46. The van der Waals surface area contributed by atoms with E-state index in [0.717, 1.165) is 0 Å². The SMILES string of the molecule is O=C(COc1ccc([N+](=O)[O-])cc1Cl)NC[C@@H]1COc2ccccc2O1. The lowest BCUT2D eigenvalue weighted by atomic mass is 10.2. The summed E-state index contributed by atoms with van der Waals surface area (Å²) < 4.78 is 16.6. The summed E-state index contributed by atoms with van der Waals surface area (Å²) >= 11 is 5.91. The van der Waals surface area contributed by atoms with Crippen molar-refractivity contribution in [2.45, 2.75) is 6.10 Å². The molecule has 3 rings (SSSR count). The molecule has 0 fully saturated rings. The minimum absolute atomic E-state index is 0.0626. The largest absolute Gasteiger partial charge is 0.486 e. The molecule has 1 atom stereocenters. The van der Waals surface area contributed by atoms with Gasteiger partial charge in [0.25, 0.3) is 11.6 Å². The number of benzene rings is 2. The van der Waals surface area contributed by atoms with Gasteiger partial charge in [-0.15, -0.1) is 0 Å². The number of nitro groups is 1. The lowest BCUT2D eigenvalue weighted by Gasteiger charge is -2.26. The average Bonchev–Trinajstić information content (AvgIpc) is 2.65. The van der Waals surface area contributed by atoms with E-state index >= 15 is 0 Å². The monoisotopic (exact) mass is 378 g/mol. The fourth-order valence-corrected chi connectivity index (χ4v) is 2.54. The Morgan fingerprint density at radius 2 is 2.08 bits per heavy atom. The van der Waals surface area contributed by atoms with E-state index in [0.29, 0.717) is 18.1 Å². The molecule has 0 saturated heterocycles. The number of carbonyl (C=O) groups is 1. The smallest absolute Gasteiger partial charge is 0.271 e. The lowest BCUT2D eigenvalue weighted by Crippen LogP contribution is -2.42. The van der Waals surface area contributed by atoms with E-state index in [1.807, 2.05) is 18.2 Å². The molecule has 1 aliphatic rings. The third kappa shape index (κ3) is 4.34. The summed E-state index contributed by atoms with van der Waals surface area (Å²) in [5.41, 5.74) is -0.151. The Labute approximate surface area is 153 Å². The number of hydrogen-bond acceptors (Lipinski definition) is 6. The molecule has 0 spiro atoms. The van der Waals surface area contributed by atoms with Gasteiger partial charge in [-0.1, -0.05) is 23.7 Å². The zero-order valence-electron chi connectivity index (χ0n) is 13.5. The fraction of sp³-hybridized carbons (Fsp3) is 0.235. The predicted molar refractivity (Wildman–Crippen MR) is 93.0 cm³/mol. The zero-order chi connectivity index (χ0) is 18.5. The first kappa shape index (κ1) is 17.8. The lowest BCUT2D eigenvalue weighted by molar-refractivity contribution is -0.384. The number of nitro benzene ring substituents is 1. The molecule has 0 unspecified atom stereocenters. The van der Waals surface area contributed by atoms with E-state index in [-0.39, 0.29) is 41.6 Å². The number of para-hydroxylation sites is 2. The van der Waals surface area contributed by atoms with Crippen LogP contribution in [-0.4, -0.2) is 36.7 Å². The topological polar surface area (TPSA) is 99.9 Å². The Hall–Kier alpha value is -3.00. The van der Waals surface area contributed by atoms with Crippen LogP contribution in [-0.2, 0) is 4.79 Å². The van der Waals surface area contributed by atoms with Gasteiger partial charge >= 0.3 is 0 Å². The van der Waals surface area contributed by atoms with Crippen molar-refractivity contribution in [2.24, 2.45) is 0 Å². The van der Waals surface area contributed by atoms with Crippen molar-refractivity contribution in [3.8, 4) is 17.2 Å². The van der Waals surface area contributed by atoms with E-state index in [9.17, 15) is 14.9 Å². The summed E-state index contributed by atoms with van der Waals surface area (Å²) in [6.45, 7) is 0.304. The Bertz CT molecular complexity index is 829. The van der Waals surface area contributed by atoms with Crippen molar-refractivity contribution in [3.05, 3.63) is 57.6 Å². The molecular weight excluding hydrogens is 364 g/mol. The van der Waals surface area contributed by atoms with Gasteiger partial charge in [-0.2, -0.15) is 0 Å². The van der Waals surface area contributed by atoms with Crippen LogP contribution in [0.2, 0.25) is 5.02 Å². The standard InChI is InChI=1S/C17H15ClN2O6/c18-13-7-11(20(22)23)5-6-14(13)25-10-17(21)19-8-12-9-24-15-3-1-2-4-16(15)26-12/h1-7,12H,8-10H2,(H,19,21)/t12-/m1/s1. The highest BCUT2D eigenvalue weighted by Gasteiger charge is 2.21. The van der Waals surface area contributed by atoms with Gasteiger partial charge in [0.15, 0.2) is 18.1 Å². The van der Waals surface area contributed by atoms with Crippen LogP contribution in [0.3, 0.4) is 0 Å². The third-order valence-electron chi connectivity index (χ3n) is 3.58. The minimum atomic E-state index is -0.563. The van der Waals surface area contributed by atoms with Crippen LogP contribution in [0.4, 0.5) is 5.69 Å². The number of nitrogens with zero attached hydrogens (tertiary/aromatic N) is 1. The molecule has 1 heterocycles. The van der Waals surface area contributed by atoms with Gasteiger partial charge in [0, 0.05) is 12.1 Å². The number of non-ortho nitro benzene ring substituents is 1. The molecule has 26 heavy (non-hydrogen) atoms. The van der Waals surface area contributed by atoms with E-state index in [1.54, 1.807) is 6.07 Å². The van der Waals surface area contributed by atoms with Crippen LogP contribution in [0, 0.1) is 10.1 Å². The van der Waals surface area contributed by atoms with Crippen LogP contribution in [0.1, 0.15) is 0 Å². The quantitative estimate of drug-likeness (QED) is 0.612. The first-order valence-electron chi connectivity index (χ1n) is 7.75. The highest BCUT2D eigenvalue weighted by Crippen LogP contribution is 2.31. The van der Waals surface area contributed by atoms with E-state index in [4.69, 9.17) is 25.8 Å². The van der Waals surface area contributed by atoms with Crippen molar-refractivity contribution in [2.75, 3.05) is 19.8 Å². The van der Waals surface area contributed by atoms with Crippen LogP contribution < -0.4 is 19.5 Å². The second kappa shape index (κ2) is 7.92. The van der Waals surface area contributed by atoms with Crippen molar-refractivity contribution in [1.82, 2.24) is 5.32 Å². The highest BCUT2D eigenvalue weighted by atomic mass is 35.5. The Morgan fingerprint density at radius 3 is 2.81 bits per heavy atom. The van der Waals surface area contributed by atoms with E-state index in [2.05, 4.69) is 5.32 Å². The number of amides is 1. The molecule has 1 amide bonds. The van der Waals surface area contributed by atoms with Crippen LogP contribution in [0.25, 0.3) is 0 Å². The number of fused-ring (bicyclic) bond motifs is 1. The molecule has 0 aliphatic carbocycles. The maximum absolute atomic E-state index is 11.9. The molecule has 1 N–H and O–H groups in total. The summed E-state index contributed by atoms with van der Waals surface area (Å²) in [7, 11) is 0. The summed E-state index contributed by atoms with van der Waals surface area (Å²) in [4.78, 5) is 22.0. The molecule has 2 aromatic rings. The van der Waals surface area contributed by atoms with Gasteiger partial charge < -0.3 is 19.5 Å². The Kier molecular flexibility index (Phi) is 5.43. The van der Waals surface area contributed by atoms with E-state index in [1.165, 1.54) is 18.2 Å². The number of halogens is 1. The van der Waals surface area contributed by atoms with Crippen molar-refractivity contribution in [3.63, 3.8) is 0 Å². The number of carbonyl (C=O) groups excluding carboxylic acids is 1. The molecule has 0 aromatic heterocycles. The minimum Gasteiger partial charge on any atom is -0.486 e. The maximum Gasteiger partial charge on any atom is 0.271 e. The molecule has 8 nitrogen and oxygen atoms in total. The number of ether oxygens (including phenoxy) is 3. The van der Waals surface area contributed by atoms with Gasteiger partial charge in [0.1, 0.15) is 18.5 Å². The normalized spacial score (nSPS) is 15.2. The van der Waals surface area contributed by atoms with Crippen LogP contribution >= 0.6 is 11.6 Å².